The van der Waals surface area contributed by atoms with Crippen LogP contribution in [0.2, 0.25) is 0 Å². The Hall–Kier alpha value is -0.410. The highest BCUT2D eigenvalue weighted by molar-refractivity contribution is 5.79. The molecule has 6 atom stereocenters. The molecule has 5 aliphatic rings. The Labute approximate surface area is 139 Å². The molecule has 3 nitrogen and oxygen atoms in total. The van der Waals surface area contributed by atoms with Crippen molar-refractivity contribution in [2.75, 3.05) is 13.2 Å². The predicted octanol–water partition coefficient (Wildman–Crippen LogP) is 3.95. The van der Waals surface area contributed by atoms with Crippen LogP contribution in [0, 0.1) is 35.0 Å². The van der Waals surface area contributed by atoms with Gasteiger partial charge >= 0.3 is 0 Å². The lowest BCUT2D eigenvalue weighted by atomic mass is 9.50. The summed E-state index contributed by atoms with van der Waals surface area (Å²) in [6, 6.07) is 0. The van der Waals surface area contributed by atoms with Crippen molar-refractivity contribution < 1.29 is 14.3 Å². The highest BCUT2D eigenvalue weighted by Gasteiger charge is 2.65. The molecule has 0 bridgehead atoms. The van der Waals surface area contributed by atoms with Gasteiger partial charge in [0.1, 0.15) is 5.78 Å². The van der Waals surface area contributed by atoms with Crippen LogP contribution >= 0.6 is 0 Å². The molecule has 3 heteroatoms. The summed E-state index contributed by atoms with van der Waals surface area (Å²) in [6.07, 6.45) is 10.5. The van der Waals surface area contributed by atoms with E-state index in [1.54, 1.807) is 0 Å². The van der Waals surface area contributed by atoms with Crippen LogP contribution in [-0.4, -0.2) is 24.8 Å². The third-order valence-corrected chi connectivity index (χ3v) is 8.56. The van der Waals surface area contributed by atoms with Gasteiger partial charge in [-0.05, 0) is 68.1 Å². The number of hydrogen-bond acceptors (Lipinski definition) is 3. The molecule has 0 aromatic rings. The summed E-state index contributed by atoms with van der Waals surface area (Å²) in [5.41, 5.74) is 0.224. The molecule has 1 heterocycles. The normalized spacial score (nSPS) is 51.3. The van der Waals surface area contributed by atoms with E-state index in [9.17, 15) is 4.79 Å². The number of fused-ring (bicyclic) bond motifs is 6. The van der Waals surface area contributed by atoms with E-state index < -0.39 is 0 Å². The molecule has 0 N–H and O–H groups in total. The minimum absolute atomic E-state index is 0.224. The number of rotatable bonds is 0. The molecular formula is C20H30O3. The van der Waals surface area contributed by atoms with Crippen molar-refractivity contribution in [2.45, 2.75) is 70.5 Å². The van der Waals surface area contributed by atoms with E-state index in [-0.39, 0.29) is 11.2 Å². The van der Waals surface area contributed by atoms with Crippen LogP contribution in [0.4, 0.5) is 0 Å². The fourth-order valence-corrected chi connectivity index (χ4v) is 7.54. The molecule has 0 unspecified atom stereocenters. The summed E-state index contributed by atoms with van der Waals surface area (Å²) >= 11 is 0. The smallest absolute Gasteiger partial charge is 0.174 e. The Morgan fingerprint density at radius 3 is 2.57 bits per heavy atom. The Bertz CT molecular complexity index is 509. The SMILES string of the molecule is C[C@]12CC[C@H]3[C@@H](CC[C@@H]4CC(=O)CC[C@@H]43)[C@@H]1CCC21OCCO1. The Morgan fingerprint density at radius 1 is 0.913 bits per heavy atom. The molecule has 5 rings (SSSR count). The van der Waals surface area contributed by atoms with Crippen LogP contribution in [-0.2, 0) is 14.3 Å². The maximum atomic E-state index is 11.8. The minimum atomic E-state index is -0.262. The highest BCUT2D eigenvalue weighted by atomic mass is 16.7. The van der Waals surface area contributed by atoms with Gasteiger partial charge in [0.25, 0.3) is 0 Å². The van der Waals surface area contributed by atoms with Crippen molar-refractivity contribution in [2.24, 2.45) is 35.0 Å². The number of ether oxygens (including phenoxy) is 2. The quantitative estimate of drug-likeness (QED) is 0.678. The molecule has 0 radical (unpaired) electrons. The van der Waals surface area contributed by atoms with Crippen LogP contribution < -0.4 is 0 Å². The van der Waals surface area contributed by atoms with Crippen LogP contribution in [0.3, 0.4) is 0 Å². The summed E-state index contributed by atoms with van der Waals surface area (Å²) in [5.74, 6) is 4.30. The first-order chi connectivity index (χ1) is 11.1. The predicted molar refractivity (Wildman–Crippen MR) is 86.8 cm³/mol. The second-order valence-electron chi connectivity index (χ2n) is 9.16. The van der Waals surface area contributed by atoms with E-state index in [0.29, 0.717) is 11.7 Å². The second-order valence-corrected chi connectivity index (χ2v) is 9.16. The molecule has 1 saturated heterocycles. The zero-order valence-electron chi connectivity index (χ0n) is 14.4. The van der Waals surface area contributed by atoms with E-state index in [1.165, 1.54) is 38.5 Å². The molecule has 4 saturated carbocycles. The Morgan fingerprint density at radius 2 is 1.74 bits per heavy atom. The van der Waals surface area contributed by atoms with Gasteiger partial charge < -0.3 is 9.47 Å². The molecule has 0 aromatic carbocycles. The largest absolute Gasteiger partial charge is 0.347 e. The van der Waals surface area contributed by atoms with Crippen molar-refractivity contribution >= 4 is 5.78 Å². The average molecular weight is 318 g/mol. The van der Waals surface area contributed by atoms with E-state index in [2.05, 4.69) is 6.92 Å². The first-order valence-electron chi connectivity index (χ1n) is 9.93. The Balaban J connectivity index is 1.42. The molecular weight excluding hydrogens is 288 g/mol. The molecule has 0 aromatic heterocycles. The van der Waals surface area contributed by atoms with E-state index >= 15 is 0 Å². The first-order valence-corrected chi connectivity index (χ1v) is 9.93. The van der Waals surface area contributed by atoms with Gasteiger partial charge in [0.15, 0.2) is 5.79 Å². The summed E-state index contributed by atoms with van der Waals surface area (Å²) in [6.45, 7) is 4.02. The van der Waals surface area contributed by atoms with Gasteiger partial charge in [0.2, 0.25) is 0 Å². The van der Waals surface area contributed by atoms with E-state index in [4.69, 9.17) is 9.47 Å². The maximum absolute atomic E-state index is 11.8. The van der Waals surface area contributed by atoms with Gasteiger partial charge in [-0.15, -0.1) is 0 Å². The van der Waals surface area contributed by atoms with Crippen molar-refractivity contribution in [3.05, 3.63) is 0 Å². The highest BCUT2D eigenvalue weighted by Crippen LogP contribution is 2.66. The fraction of sp³-hybridized carbons (Fsp3) is 0.950. The fourth-order valence-electron chi connectivity index (χ4n) is 7.54. The van der Waals surface area contributed by atoms with Crippen LogP contribution in [0.15, 0.2) is 0 Å². The summed E-state index contributed by atoms with van der Waals surface area (Å²) in [4.78, 5) is 11.8. The monoisotopic (exact) mass is 318 g/mol. The molecule has 23 heavy (non-hydrogen) atoms. The van der Waals surface area contributed by atoms with E-state index in [1.807, 2.05) is 0 Å². The number of carbonyl (C=O) groups is 1. The summed E-state index contributed by atoms with van der Waals surface area (Å²) in [5, 5.41) is 0. The molecule has 0 amide bonds. The average Bonchev–Trinajstić information content (AvgIpc) is 3.14. The molecule has 1 aliphatic heterocycles. The molecule has 5 fully saturated rings. The Kier molecular flexibility index (Phi) is 3.27. The lowest BCUT2D eigenvalue weighted by molar-refractivity contribution is -0.243. The number of Topliss-reactive ketones (excluding diaryl/α,β-unsaturated/α-hetero) is 1. The van der Waals surface area contributed by atoms with Gasteiger partial charge in [-0.2, -0.15) is 0 Å². The standard InChI is InChI=1S/C20H30O3/c1-19-8-6-16-15-5-3-14(21)12-13(15)2-4-17(16)18(19)7-9-20(19)22-10-11-23-20/h13,15-18H,2-12H2,1H3/t13-,15+,16-,17-,18+,19+/m1/s1. The molecule has 4 aliphatic carbocycles. The van der Waals surface area contributed by atoms with Gasteiger partial charge in [0.05, 0.1) is 13.2 Å². The van der Waals surface area contributed by atoms with Gasteiger partial charge in [-0.25, -0.2) is 0 Å². The third-order valence-electron chi connectivity index (χ3n) is 8.56. The summed E-state index contributed by atoms with van der Waals surface area (Å²) in [7, 11) is 0. The first kappa shape index (κ1) is 14.9. The van der Waals surface area contributed by atoms with Crippen LogP contribution in [0.5, 0.6) is 0 Å². The van der Waals surface area contributed by atoms with Crippen LogP contribution in [0.25, 0.3) is 0 Å². The van der Waals surface area contributed by atoms with Crippen molar-refractivity contribution in [1.29, 1.82) is 0 Å². The van der Waals surface area contributed by atoms with Crippen molar-refractivity contribution in [3.8, 4) is 0 Å². The zero-order valence-corrected chi connectivity index (χ0v) is 14.4. The number of ketones is 1. The second kappa shape index (κ2) is 5.05. The van der Waals surface area contributed by atoms with Crippen molar-refractivity contribution in [1.82, 2.24) is 0 Å². The van der Waals surface area contributed by atoms with Gasteiger partial charge in [-0.3, -0.25) is 4.79 Å². The number of hydrogen-bond donors (Lipinski definition) is 0. The molecule has 1 spiro atoms. The molecule has 128 valence electrons. The third kappa shape index (κ3) is 1.93. The zero-order chi connectivity index (χ0) is 15.7. The summed E-state index contributed by atoms with van der Waals surface area (Å²) < 4.78 is 12.4. The maximum Gasteiger partial charge on any atom is 0.174 e. The topological polar surface area (TPSA) is 35.5 Å². The lowest BCUT2D eigenvalue weighted by Crippen LogP contribution is -2.54. The van der Waals surface area contributed by atoms with E-state index in [0.717, 1.165) is 56.1 Å². The minimum Gasteiger partial charge on any atom is -0.347 e. The van der Waals surface area contributed by atoms with Crippen LogP contribution in [0.1, 0.15) is 64.7 Å². The number of carbonyl (C=O) groups excluding carboxylic acids is 1. The van der Waals surface area contributed by atoms with Gasteiger partial charge in [-0.1, -0.05) is 6.92 Å². The van der Waals surface area contributed by atoms with Crippen molar-refractivity contribution in [3.63, 3.8) is 0 Å². The van der Waals surface area contributed by atoms with Gasteiger partial charge in [0, 0.05) is 24.7 Å². The lowest BCUT2D eigenvalue weighted by Gasteiger charge is -2.56.